The highest BCUT2D eigenvalue weighted by atomic mass is 32.2. The van der Waals surface area contributed by atoms with Crippen LogP contribution in [0.1, 0.15) is 6.92 Å². The van der Waals surface area contributed by atoms with Crippen molar-refractivity contribution in [2.45, 2.75) is 18.6 Å². The van der Waals surface area contributed by atoms with E-state index in [-0.39, 0.29) is 17.6 Å². The van der Waals surface area contributed by atoms with Gasteiger partial charge in [-0.3, -0.25) is 9.59 Å². The topological polar surface area (TPSA) is 128 Å². The molecule has 0 saturated carbocycles. The number of nitrogens with zero attached hydrogens (tertiary/aromatic N) is 4. The summed E-state index contributed by atoms with van der Waals surface area (Å²) in [5.41, 5.74) is 5.41. The van der Waals surface area contributed by atoms with Gasteiger partial charge in [0.2, 0.25) is 17.0 Å². The van der Waals surface area contributed by atoms with Gasteiger partial charge in [-0.1, -0.05) is 11.8 Å². The van der Waals surface area contributed by atoms with Gasteiger partial charge in [0.25, 0.3) is 0 Å². The Labute approximate surface area is 114 Å². The zero-order chi connectivity index (χ0) is 14.1. The number of carbonyl (C=O) groups is 2. The minimum absolute atomic E-state index is 0.121. The Morgan fingerprint density at radius 1 is 1.37 bits per heavy atom. The Morgan fingerprint density at radius 2 is 2.11 bits per heavy atom. The molecule has 10 heteroatoms. The Kier molecular flexibility index (Phi) is 6.82. The van der Waals surface area contributed by atoms with Crippen LogP contribution >= 0.6 is 11.8 Å². The van der Waals surface area contributed by atoms with Crippen LogP contribution in [-0.2, 0) is 16.1 Å². The SMILES string of the molecule is CC(=O)NCCNC(=O)CSc1nnnn1CCN. The number of rotatable bonds is 8. The highest BCUT2D eigenvalue weighted by molar-refractivity contribution is 7.99. The Balaban J connectivity index is 2.22. The van der Waals surface area contributed by atoms with Gasteiger partial charge in [0.05, 0.1) is 12.3 Å². The number of nitrogens with one attached hydrogen (secondary N) is 2. The normalized spacial score (nSPS) is 10.2. The van der Waals surface area contributed by atoms with Crippen LogP contribution in [0.4, 0.5) is 0 Å². The lowest BCUT2D eigenvalue weighted by molar-refractivity contribution is -0.120. The standard InChI is InChI=1S/C9H17N7O2S/c1-7(17)11-3-4-12-8(18)6-19-9-13-14-15-16(9)5-2-10/h2-6,10H2,1H3,(H,11,17)(H,12,18). The first kappa shape index (κ1) is 15.4. The lowest BCUT2D eigenvalue weighted by Crippen LogP contribution is -2.34. The second-order valence-corrected chi connectivity index (χ2v) is 4.54. The van der Waals surface area contributed by atoms with Gasteiger partial charge in [-0.15, -0.1) is 5.10 Å². The van der Waals surface area contributed by atoms with Gasteiger partial charge in [0.1, 0.15) is 0 Å². The molecule has 0 atom stereocenters. The second kappa shape index (κ2) is 8.43. The van der Waals surface area contributed by atoms with Crippen LogP contribution in [0.25, 0.3) is 0 Å². The van der Waals surface area contributed by atoms with Crippen molar-refractivity contribution < 1.29 is 9.59 Å². The Bertz CT molecular complexity index is 422. The first-order valence-electron chi connectivity index (χ1n) is 5.73. The predicted molar refractivity (Wildman–Crippen MR) is 69.3 cm³/mol. The molecule has 0 bridgehead atoms. The first-order valence-corrected chi connectivity index (χ1v) is 6.72. The molecular weight excluding hydrogens is 270 g/mol. The molecule has 0 aliphatic heterocycles. The molecule has 1 aromatic heterocycles. The van der Waals surface area contributed by atoms with E-state index in [1.165, 1.54) is 18.7 Å². The maximum atomic E-state index is 11.5. The molecule has 1 aromatic rings. The van der Waals surface area contributed by atoms with Crippen molar-refractivity contribution in [2.75, 3.05) is 25.4 Å². The van der Waals surface area contributed by atoms with E-state index in [4.69, 9.17) is 5.73 Å². The summed E-state index contributed by atoms with van der Waals surface area (Å²) in [6, 6.07) is 0. The molecule has 2 amide bonds. The molecule has 0 aliphatic rings. The molecule has 106 valence electrons. The highest BCUT2D eigenvalue weighted by Gasteiger charge is 2.09. The van der Waals surface area contributed by atoms with Gasteiger partial charge in [-0.05, 0) is 10.4 Å². The van der Waals surface area contributed by atoms with E-state index in [1.54, 1.807) is 4.68 Å². The van der Waals surface area contributed by atoms with Crippen molar-refractivity contribution >= 4 is 23.6 Å². The zero-order valence-electron chi connectivity index (χ0n) is 10.6. The molecule has 4 N–H and O–H groups in total. The van der Waals surface area contributed by atoms with Gasteiger partial charge >= 0.3 is 0 Å². The van der Waals surface area contributed by atoms with E-state index >= 15 is 0 Å². The number of hydrogen-bond acceptors (Lipinski definition) is 7. The fourth-order valence-corrected chi connectivity index (χ4v) is 1.92. The largest absolute Gasteiger partial charge is 0.355 e. The van der Waals surface area contributed by atoms with E-state index in [9.17, 15) is 9.59 Å². The average molecular weight is 287 g/mol. The van der Waals surface area contributed by atoms with Crippen molar-refractivity contribution in [1.29, 1.82) is 0 Å². The van der Waals surface area contributed by atoms with Gasteiger partial charge < -0.3 is 16.4 Å². The fourth-order valence-electron chi connectivity index (χ4n) is 1.18. The van der Waals surface area contributed by atoms with Crippen molar-refractivity contribution in [3.05, 3.63) is 0 Å². The number of hydrogen-bond donors (Lipinski definition) is 3. The first-order chi connectivity index (χ1) is 9.13. The maximum absolute atomic E-state index is 11.5. The quantitative estimate of drug-likeness (QED) is 0.372. The predicted octanol–water partition coefficient (Wildman–Crippen LogP) is -2.02. The van der Waals surface area contributed by atoms with Crippen molar-refractivity contribution in [3.63, 3.8) is 0 Å². The molecule has 0 aliphatic carbocycles. The Morgan fingerprint density at radius 3 is 2.79 bits per heavy atom. The maximum Gasteiger partial charge on any atom is 0.230 e. The van der Waals surface area contributed by atoms with Gasteiger partial charge in [0.15, 0.2) is 0 Å². The summed E-state index contributed by atoms with van der Waals surface area (Å²) in [5.74, 6) is -0.0485. The summed E-state index contributed by atoms with van der Waals surface area (Å²) >= 11 is 1.24. The molecule has 0 fully saturated rings. The number of carbonyl (C=O) groups excluding carboxylic acids is 2. The van der Waals surface area contributed by atoms with Crippen molar-refractivity contribution in [1.82, 2.24) is 30.8 Å². The molecule has 9 nitrogen and oxygen atoms in total. The van der Waals surface area contributed by atoms with Crippen LogP contribution in [0.15, 0.2) is 5.16 Å². The number of amides is 2. The third kappa shape index (κ3) is 6.15. The molecule has 1 rings (SSSR count). The van der Waals surface area contributed by atoms with Crippen LogP contribution in [0.5, 0.6) is 0 Å². The van der Waals surface area contributed by atoms with E-state index in [1.807, 2.05) is 0 Å². The van der Waals surface area contributed by atoms with Crippen LogP contribution < -0.4 is 16.4 Å². The monoisotopic (exact) mass is 287 g/mol. The lowest BCUT2D eigenvalue weighted by Gasteiger charge is -2.05. The van der Waals surface area contributed by atoms with Crippen LogP contribution in [0.3, 0.4) is 0 Å². The van der Waals surface area contributed by atoms with Crippen molar-refractivity contribution in [3.8, 4) is 0 Å². The van der Waals surface area contributed by atoms with Crippen LogP contribution in [0, 0.1) is 0 Å². The van der Waals surface area contributed by atoms with E-state index in [0.717, 1.165) is 0 Å². The smallest absolute Gasteiger partial charge is 0.230 e. The third-order valence-electron chi connectivity index (χ3n) is 1.99. The molecule has 0 aromatic carbocycles. The van der Waals surface area contributed by atoms with Crippen LogP contribution in [0.2, 0.25) is 0 Å². The second-order valence-electron chi connectivity index (χ2n) is 3.59. The van der Waals surface area contributed by atoms with Crippen LogP contribution in [-0.4, -0.2) is 57.4 Å². The lowest BCUT2D eigenvalue weighted by atomic mass is 10.5. The molecule has 0 spiro atoms. The summed E-state index contributed by atoms with van der Waals surface area (Å²) in [4.78, 5) is 22.1. The molecule has 1 heterocycles. The van der Waals surface area contributed by atoms with Gasteiger partial charge in [-0.2, -0.15) is 0 Å². The average Bonchev–Trinajstić information content (AvgIpc) is 2.80. The fraction of sp³-hybridized carbons (Fsp3) is 0.667. The van der Waals surface area contributed by atoms with Crippen molar-refractivity contribution in [2.24, 2.45) is 5.73 Å². The summed E-state index contributed by atoms with van der Waals surface area (Å²) < 4.78 is 1.55. The summed E-state index contributed by atoms with van der Waals surface area (Å²) in [6.07, 6.45) is 0. The molecule has 0 unspecified atom stereocenters. The van der Waals surface area contributed by atoms with E-state index in [2.05, 4.69) is 26.2 Å². The van der Waals surface area contributed by atoms with E-state index < -0.39 is 0 Å². The molecule has 0 saturated heterocycles. The summed E-state index contributed by atoms with van der Waals surface area (Å²) in [5, 5.41) is 16.9. The molecule has 19 heavy (non-hydrogen) atoms. The molecule has 0 radical (unpaired) electrons. The van der Waals surface area contributed by atoms with E-state index in [0.29, 0.717) is 31.3 Å². The van der Waals surface area contributed by atoms with Gasteiger partial charge in [0, 0.05) is 26.6 Å². The Hall–Kier alpha value is -1.68. The number of tetrazole rings is 1. The number of nitrogens with two attached hydrogens (primary N) is 1. The number of thioether (sulfide) groups is 1. The zero-order valence-corrected chi connectivity index (χ0v) is 11.4. The number of aromatic nitrogens is 4. The summed E-state index contributed by atoms with van der Waals surface area (Å²) in [7, 11) is 0. The molecular formula is C9H17N7O2S. The van der Waals surface area contributed by atoms with Gasteiger partial charge in [-0.25, -0.2) is 4.68 Å². The third-order valence-corrected chi connectivity index (χ3v) is 2.95. The minimum atomic E-state index is -0.141. The summed E-state index contributed by atoms with van der Waals surface area (Å²) in [6.45, 7) is 3.18. The minimum Gasteiger partial charge on any atom is -0.355 e. The highest BCUT2D eigenvalue weighted by Crippen LogP contribution is 2.12.